The first kappa shape index (κ1) is 8.53. The number of carbonyl (C=O) groups excluding carboxylic acids is 2. The van der Waals surface area contributed by atoms with E-state index < -0.39 is 0 Å². The van der Waals surface area contributed by atoms with E-state index in [2.05, 4.69) is 5.32 Å². The van der Waals surface area contributed by atoms with Gasteiger partial charge in [-0.15, -0.1) is 0 Å². The highest BCUT2D eigenvalue weighted by atomic mass is 16.2. The van der Waals surface area contributed by atoms with Crippen LogP contribution in [0.1, 0.15) is 26.2 Å². The summed E-state index contributed by atoms with van der Waals surface area (Å²) < 4.78 is 0. The third kappa shape index (κ3) is 0.975. The molecule has 0 aromatic rings. The average molecular weight is 182 g/mol. The van der Waals surface area contributed by atoms with Gasteiger partial charge in [-0.05, 0) is 19.8 Å². The highest BCUT2D eigenvalue weighted by molar-refractivity contribution is 6.00. The molecule has 2 atom stereocenters. The van der Waals surface area contributed by atoms with Crippen LogP contribution in [0.25, 0.3) is 0 Å². The molecule has 2 aliphatic rings. The third-order valence-electron chi connectivity index (χ3n) is 3.35. The van der Waals surface area contributed by atoms with Crippen molar-refractivity contribution in [2.24, 2.45) is 5.41 Å². The van der Waals surface area contributed by atoms with Crippen LogP contribution in [0.2, 0.25) is 0 Å². The number of nitrogens with one attached hydrogen (secondary N) is 1. The second-order valence-electron chi connectivity index (χ2n) is 4.18. The van der Waals surface area contributed by atoms with Crippen LogP contribution in [-0.4, -0.2) is 29.9 Å². The lowest BCUT2D eigenvalue weighted by Crippen LogP contribution is -2.61. The van der Waals surface area contributed by atoms with Gasteiger partial charge in [0, 0.05) is 13.1 Å². The molecule has 0 bridgehead atoms. The lowest BCUT2D eigenvalue weighted by molar-refractivity contribution is -0.139. The average Bonchev–Trinajstić information content (AvgIpc) is 2.45. The monoisotopic (exact) mass is 182 g/mol. The quantitative estimate of drug-likeness (QED) is 0.600. The standard InChI is InChI=1S/C9H14N2O2/c1-9-5-3-4-6(9)10-8(13)11(2)7(9)12/h6H,3-5H2,1-2H3,(H,10,13). The second kappa shape index (κ2) is 2.47. The van der Waals surface area contributed by atoms with Gasteiger partial charge in [0.15, 0.2) is 0 Å². The number of hydrogen-bond donors (Lipinski definition) is 1. The summed E-state index contributed by atoms with van der Waals surface area (Å²) in [5.74, 6) is -0.0289. The van der Waals surface area contributed by atoms with Gasteiger partial charge >= 0.3 is 6.03 Å². The number of amides is 3. The smallest absolute Gasteiger partial charge is 0.324 e. The number of urea groups is 1. The fourth-order valence-corrected chi connectivity index (χ4v) is 2.37. The first-order valence-electron chi connectivity index (χ1n) is 4.64. The van der Waals surface area contributed by atoms with Gasteiger partial charge < -0.3 is 5.32 Å². The Labute approximate surface area is 77.3 Å². The Hall–Kier alpha value is -1.06. The Balaban J connectivity index is 2.33. The zero-order chi connectivity index (χ0) is 9.64. The van der Waals surface area contributed by atoms with Gasteiger partial charge in [0.25, 0.3) is 0 Å². The summed E-state index contributed by atoms with van der Waals surface area (Å²) >= 11 is 0. The maximum absolute atomic E-state index is 11.8. The Kier molecular flexibility index (Phi) is 1.62. The molecule has 0 aromatic carbocycles. The third-order valence-corrected chi connectivity index (χ3v) is 3.35. The molecule has 13 heavy (non-hydrogen) atoms. The Morgan fingerprint density at radius 1 is 1.54 bits per heavy atom. The van der Waals surface area contributed by atoms with Crippen molar-refractivity contribution in [2.45, 2.75) is 32.2 Å². The van der Waals surface area contributed by atoms with Gasteiger partial charge in [-0.2, -0.15) is 0 Å². The summed E-state index contributed by atoms with van der Waals surface area (Å²) in [6.07, 6.45) is 2.85. The lowest BCUT2D eigenvalue weighted by Gasteiger charge is -2.39. The molecule has 4 nitrogen and oxygen atoms in total. The maximum Gasteiger partial charge on any atom is 0.324 e. The van der Waals surface area contributed by atoms with E-state index in [9.17, 15) is 9.59 Å². The van der Waals surface area contributed by atoms with Crippen LogP contribution in [0.15, 0.2) is 0 Å². The predicted octanol–water partition coefficient (Wildman–Crippen LogP) is 0.727. The number of carbonyl (C=O) groups is 2. The summed E-state index contributed by atoms with van der Waals surface area (Å²) in [6, 6.07) is -0.196. The normalized spacial score (nSPS) is 38.9. The van der Waals surface area contributed by atoms with Crippen LogP contribution in [0.5, 0.6) is 0 Å². The largest absolute Gasteiger partial charge is 0.334 e. The fraction of sp³-hybridized carbons (Fsp3) is 0.778. The lowest BCUT2D eigenvalue weighted by atomic mass is 9.82. The van der Waals surface area contributed by atoms with Gasteiger partial charge in [0.2, 0.25) is 5.91 Å². The second-order valence-corrected chi connectivity index (χ2v) is 4.18. The van der Waals surface area contributed by atoms with Crippen molar-refractivity contribution in [1.82, 2.24) is 10.2 Å². The number of nitrogens with zero attached hydrogens (tertiary/aromatic N) is 1. The number of rotatable bonds is 0. The van der Waals surface area contributed by atoms with Gasteiger partial charge in [-0.1, -0.05) is 6.42 Å². The predicted molar refractivity (Wildman–Crippen MR) is 47.0 cm³/mol. The van der Waals surface area contributed by atoms with Gasteiger partial charge in [-0.25, -0.2) is 4.79 Å². The van der Waals surface area contributed by atoms with E-state index in [-0.39, 0.29) is 23.4 Å². The Morgan fingerprint density at radius 2 is 2.23 bits per heavy atom. The molecular weight excluding hydrogens is 168 g/mol. The summed E-state index contributed by atoms with van der Waals surface area (Å²) in [6.45, 7) is 1.95. The molecule has 0 aromatic heterocycles. The van der Waals surface area contributed by atoms with E-state index in [0.717, 1.165) is 19.3 Å². The maximum atomic E-state index is 11.8. The van der Waals surface area contributed by atoms with Crippen molar-refractivity contribution >= 4 is 11.9 Å². The minimum Gasteiger partial charge on any atom is -0.334 e. The van der Waals surface area contributed by atoms with E-state index in [1.165, 1.54) is 11.9 Å². The van der Waals surface area contributed by atoms with E-state index in [0.29, 0.717) is 0 Å². The SMILES string of the molecule is CN1C(=O)NC2CCCC2(C)C1=O. The van der Waals surface area contributed by atoms with Crippen LogP contribution in [0.4, 0.5) is 4.79 Å². The Bertz CT molecular complexity index is 277. The van der Waals surface area contributed by atoms with Crippen molar-refractivity contribution in [3.05, 3.63) is 0 Å². The zero-order valence-electron chi connectivity index (χ0n) is 7.96. The van der Waals surface area contributed by atoms with Crippen molar-refractivity contribution in [3.63, 3.8) is 0 Å². The fourth-order valence-electron chi connectivity index (χ4n) is 2.37. The molecule has 0 spiro atoms. The highest BCUT2D eigenvalue weighted by Crippen LogP contribution is 2.41. The van der Waals surface area contributed by atoms with Gasteiger partial charge in [0.05, 0.1) is 5.41 Å². The van der Waals surface area contributed by atoms with Crippen molar-refractivity contribution < 1.29 is 9.59 Å². The molecule has 1 aliphatic carbocycles. The highest BCUT2D eigenvalue weighted by Gasteiger charge is 2.51. The van der Waals surface area contributed by atoms with Gasteiger partial charge in [0.1, 0.15) is 0 Å². The van der Waals surface area contributed by atoms with Crippen molar-refractivity contribution in [1.29, 1.82) is 0 Å². The minimum atomic E-state index is -0.345. The van der Waals surface area contributed by atoms with Crippen molar-refractivity contribution in [2.75, 3.05) is 7.05 Å². The van der Waals surface area contributed by atoms with Crippen molar-refractivity contribution in [3.8, 4) is 0 Å². The summed E-state index contributed by atoms with van der Waals surface area (Å²) in [5.41, 5.74) is -0.345. The van der Waals surface area contributed by atoms with E-state index in [1.54, 1.807) is 0 Å². The minimum absolute atomic E-state index is 0.0289. The molecule has 2 rings (SSSR count). The molecule has 2 unspecified atom stereocenters. The number of imide groups is 1. The van der Waals surface area contributed by atoms with Crippen LogP contribution >= 0.6 is 0 Å². The topological polar surface area (TPSA) is 49.4 Å². The number of hydrogen-bond acceptors (Lipinski definition) is 2. The molecule has 3 amide bonds. The molecule has 1 aliphatic heterocycles. The van der Waals surface area contributed by atoms with Crippen LogP contribution < -0.4 is 5.32 Å². The zero-order valence-corrected chi connectivity index (χ0v) is 7.96. The molecule has 1 N–H and O–H groups in total. The van der Waals surface area contributed by atoms with E-state index in [1.807, 2.05) is 6.92 Å². The van der Waals surface area contributed by atoms with Gasteiger partial charge in [-0.3, -0.25) is 9.69 Å². The molecule has 1 saturated carbocycles. The molecule has 1 saturated heterocycles. The summed E-state index contributed by atoms with van der Waals surface area (Å²) in [7, 11) is 1.54. The summed E-state index contributed by atoms with van der Waals surface area (Å²) in [4.78, 5) is 24.3. The first-order chi connectivity index (χ1) is 6.05. The molecule has 2 fully saturated rings. The Morgan fingerprint density at radius 3 is 2.92 bits per heavy atom. The molecule has 1 heterocycles. The summed E-state index contributed by atoms with van der Waals surface area (Å²) in [5, 5.41) is 2.87. The van der Waals surface area contributed by atoms with E-state index >= 15 is 0 Å². The molecular formula is C9H14N2O2. The van der Waals surface area contributed by atoms with Crippen LogP contribution in [0.3, 0.4) is 0 Å². The van der Waals surface area contributed by atoms with Crippen LogP contribution in [-0.2, 0) is 4.79 Å². The van der Waals surface area contributed by atoms with E-state index in [4.69, 9.17) is 0 Å². The first-order valence-corrected chi connectivity index (χ1v) is 4.64. The molecule has 72 valence electrons. The molecule has 0 radical (unpaired) electrons. The van der Waals surface area contributed by atoms with Crippen LogP contribution in [0, 0.1) is 5.41 Å². The molecule has 4 heteroatoms. The number of fused-ring (bicyclic) bond motifs is 1.